The SMILES string of the molecule is NCCC1CN(C2CCCCC2)C1. The molecule has 13 heavy (non-hydrogen) atoms. The Kier molecular flexibility index (Phi) is 3.23. The van der Waals surface area contributed by atoms with Crippen molar-refractivity contribution >= 4 is 0 Å². The summed E-state index contributed by atoms with van der Waals surface area (Å²) in [4.78, 5) is 2.68. The Balaban J connectivity index is 1.66. The summed E-state index contributed by atoms with van der Waals surface area (Å²) in [5, 5.41) is 0. The normalized spacial score (nSPS) is 27.5. The lowest BCUT2D eigenvalue weighted by atomic mass is 9.88. The highest BCUT2D eigenvalue weighted by atomic mass is 15.2. The zero-order chi connectivity index (χ0) is 9.10. The van der Waals surface area contributed by atoms with Crippen molar-refractivity contribution in [3.8, 4) is 0 Å². The van der Waals surface area contributed by atoms with E-state index in [1.54, 1.807) is 0 Å². The second-order valence-electron chi connectivity index (χ2n) is 4.69. The van der Waals surface area contributed by atoms with Crippen LogP contribution in [0.1, 0.15) is 38.5 Å². The minimum Gasteiger partial charge on any atom is -0.330 e. The molecule has 0 spiro atoms. The molecular formula is C11H22N2. The number of hydrogen-bond acceptors (Lipinski definition) is 2. The summed E-state index contributed by atoms with van der Waals surface area (Å²) in [6, 6.07) is 0.933. The average Bonchev–Trinajstić information content (AvgIpc) is 2.12. The molecule has 2 N–H and O–H groups in total. The van der Waals surface area contributed by atoms with Crippen molar-refractivity contribution in [2.24, 2.45) is 11.7 Å². The number of hydrogen-bond donors (Lipinski definition) is 1. The van der Waals surface area contributed by atoms with E-state index in [2.05, 4.69) is 4.90 Å². The molecule has 2 nitrogen and oxygen atoms in total. The lowest BCUT2D eigenvalue weighted by Gasteiger charge is -2.45. The van der Waals surface area contributed by atoms with Crippen LogP contribution in [0.2, 0.25) is 0 Å². The largest absolute Gasteiger partial charge is 0.330 e. The van der Waals surface area contributed by atoms with E-state index < -0.39 is 0 Å². The van der Waals surface area contributed by atoms with Crippen LogP contribution in [-0.4, -0.2) is 30.6 Å². The first-order valence-corrected chi connectivity index (χ1v) is 5.84. The predicted octanol–water partition coefficient (Wildman–Crippen LogP) is 1.60. The van der Waals surface area contributed by atoms with E-state index in [1.165, 1.54) is 51.6 Å². The van der Waals surface area contributed by atoms with Crippen LogP contribution in [0.5, 0.6) is 0 Å². The minimum atomic E-state index is 0.878. The van der Waals surface area contributed by atoms with E-state index in [9.17, 15) is 0 Å². The van der Waals surface area contributed by atoms with Gasteiger partial charge in [-0.15, -0.1) is 0 Å². The van der Waals surface area contributed by atoms with Crippen LogP contribution in [0.4, 0.5) is 0 Å². The highest BCUT2D eigenvalue weighted by Gasteiger charge is 2.31. The van der Waals surface area contributed by atoms with Gasteiger partial charge in [-0.1, -0.05) is 19.3 Å². The zero-order valence-electron chi connectivity index (χ0n) is 8.54. The van der Waals surface area contributed by atoms with Crippen LogP contribution in [0.3, 0.4) is 0 Å². The van der Waals surface area contributed by atoms with Gasteiger partial charge in [0.2, 0.25) is 0 Å². The van der Waals surface area contributed by atoms with Crippen molar-refractivity contribution in [1.29, 1.82) is 0 Å². The van der Waals surface area contributed by atoms with Gasteiger partial charge in [-0.3, -0.25) is 4.90 Å². The quantitative estimate of drug-likeness (QED) is 0.718. The van der Waals surface area contributed by atoms with Crippen molar-refractivity contribution in [1.82, 2.24) is 4.90 Å². The van der Waals surface area contributed by atoms with Crippen LogP contribution >= 0.6 is 0 Å². The van der Waals surface area contributed by atoms with E-state index in [4.69, 9.17) is 5.73 Å². The lowest BCUT2D eigenvalue weighted by Crippen LogP contribution is -2.52. The molecule has 0 bridgehead atoms. The molecule has 0 amide bonds. The van der Waals surface area contributed by atoms with E-state index in [1.807, 2.05) is 0 Å². The highest BCUT2D eigenvalue weighted by Crippen LogP contribution is 2.29. The summed E-state index contributed by atoms with van der Waals surface area (Å²) in [5.74, 6) is 0.923. The Hall–Kier alpha value is -0.0800. The third kappa shape index (κ3) is 2.23. The summed E-state index contributed by atoms with van der Waals surface area (Å²) >= 11 is 0. The lowest BCUT2D eigenvalue weighted by molar-refractivity contribution is 0.0326. The Bertz CT molecular complexity index is 146. The van der Waals surface area contributed by atoms with Crippen LogP contribution < -0.4 is 5.73 Å². The predicted molar refractivity (Wildman–Crippen MR) is 55.6 cm³/mol. The molecule has 0 aromatic rings. The molecule has 1 aliphatic carbocycles. The summed E-state index contributed by atoms with van der Waals surface area (Å²) in [6.45, 7) is 3.55. The summed E-state index contributed by atoms with van der Waals surface area (Å²) in [7, 11) is 0. The number of nitrogens with zero attached hydrogens (tertiary/aromatic N) is 1. The molecule has 2 fully saturated rings. The van der Waals surface area contributed by atoms with Gasteiger partial charge in [0.25, 0.3) is 0 Å². The summed E-state index contributed by atoms with van der Waals surface area (Å²) in [5.41, 5.74) is 5.54. The molecule has 0 atom stereocenters. The third-order valence-electron chi connectivity index (χ3n) is 3.65. The molecule has 0 aromatic carbocycles. The van der Waals surface area contributed by atoms with Crippen molar-refractivity contribution < 1.29 is 0 Å². The number of nitrogens with two attached hydrogens (primary N) is 1. The van der Waals surface area contributed by atoms with E-state index in [0.29, 0.717) is 0 Å². The fraction of sp³-hybridized carbons (Fsp3) is 1.00. The maximum absolute atomic E-state index is 5.54. The van der Waals surface area contributed by atoms with Gasteiger partial charge in [0.1, 0.15) is 0 Å². The van der Waals surface area contributed by atoms with Crippen LogP contribution in [-0.2, 0) is 0 Å². The molecule has 76 valence electrons. The second-order valence-corrected chi connectivity index (χ2v) is 4.69. The van der Waals surface area contributed by atoms with E-state index in [-0.39, 0.29) is 0 Å². The first kappa shape index (κ1) is 9.47. The van der Waals surface area contributed by atoms with Gasteiger partial charge in [0.05, 0.1) is 0 Å². The first-order valence-electron chi connectivity index (χ1n) is 5.84. The Morgan fingerprint density at radius 1 is 1.08 bits per heavy atom. The minimum absolute atomic E-state index is 0.878. The maximum atomic E-state index is 5.54. The fourth-order valence-corrected chi connectivity index (χ4v) is 2.77. The molecule has 0 aromatic heterocycles. The third-order valence-corrected chi connectivity index (χ3v) is 3.65. The van der Waals surface area contributed by atoms with Gasteiger partial charge in [-0.2, -0.15) is 0 Å². The molecule has 1 heterocycles. The van der Waals surface area contributed by atoms with Crippen molar-refractivity contribution in [3.05, 3.63) is 0 Å². The molecule has 2 rings (SSSR count). The molecule has 0 radical (unpaired) electrons. The zero-order valence-corrected chi connectivity index (χ0v) is 8.54. The Morgan fingerprint density at radius 3 is 2.38 bits per heavy atom. The Labute approximate surface area is 81.5 Å². The standard InChI is InChI=1S/C11H22N2/c12-7-6-10-8-13(9-10)11-4-2-1-3-5-11/h10-11H,1-9,12H2. The average molecular weight is 182 g/mol. The van der Waals surface area contributed by atoms with Crippen molar-refractivity contribution in [2.45, 2.75) is 44.6 Å². The first-order chi connectivity index (χ1) is 6.40. The van der Waals surface area contributed by atoms with Gasteiger partial charge in [0.15, 0.2) is 0 Å². The molecule has 2 heteroatoms. The summed E-state index contributed by atoms with van der Waals surface area (Å²) < 4.78 is 0. The molecule has 2 aliphatic rings. The second kappa shape index (κ2) is 4.43. The smallest absolute Gasteiger partial charge is 0.00955 e. The molecular weight excluding hydrogens is 160 g/mol. The van der Waals surface area contributed by atoms with Crippen molar-refractivity contribution in [3.63, 3.8) is 0 Å². The number of rotatable bonds is 3. The van der Waals surface area contributed by atoms with Crippen molar-refractivity contribution in [2.75, 3.05) is 19.6 Å². The molecule has 1 aliphatic heterocycles. The van der Waals surface area contributed by atoms with Gasteiger partial charge >= 0.3 is 0 Å². The Morgan fingerprint density at radius 2 is 1.77 bits per heavy atom. The summed E-state index contributed by atoms with van der Waals surface area (Å²) in [6.07, 6.45) is 8.54. The highest BCUT2D eigenvalue weighted by molar-refractivity contribution is 4.86. The molecule has 1 saturated heterocycles. The van der Waals surface area contributed by atoms with Gasteiger partial charge < -0.3 is 5.73 Å². The maximum Gasteiger partial charge on any atom is 0.00955 e. The van der Waals surface area contributed by atoms with Gasteiger partial charge in [-0.05, 0) is 31.7 Å². The van der Waals surface area contributed by atoms with E-state index >= 15 is 0 Å². The molecule has 1 saturated carbocycles. The fourth-order valence-electron chi connectivity index (χ4n) is 2.77. The van der Waals surface area contributed by atoms with Crippen LogP contribution in [0.25, 0.3) is 0 Å². The monoisotopic (exact) mass is 182 g/mol. The van der Waals surface area contributed by atoms with E-state index in [0.717, 1.165) is 18.5 Å². The number of likely N-dealkylation sites (tertiary alicyclic amines) is 1. The van der Waals surface area contributed by atoms with Gasteiger partial charge in [-0.25, -0.2) is 0 Å². The molecule has 0 unspecified atom stereocenters. The van der Waals surface area contributed by atoms with Crippen LogP contribution in [0.15, 0.2) is 0 Å². The van der Waals surface area contributed by atoms with Crippen LogP contribution in [0, 0.1) is 5.92 Å². The topological polar surface area (TPSA) is 29.3 Å². The van der Waals surface area contributed by atoms with Gasteiger partial charge in [0, 0.05) is 19.1 Å².